The van der Waals surface area contributed by atoms with Crippen LogP contribution in [0.3, 0.4) is 0 Å². The van der Waals surface area contributed by atoms with Gasteiger partial charge in [0.05, 0.1) is 5.92 Å². The van der Waals surface area contributed by atoms with E-state index in [0.717, 1.165) is 23.3 Å². The number of carbonyl (C=O) groups is 2. The van der Waals surface area contributed by atoms with Gasteiger partial charge in [0.1, 0.15) is 0 Å². The molecule has 1 N–H and O–H groups in total. The molecule has 2 amide bonds. The molecule has 4 nitrogen and oxygen atoms in total. The Hall–Kier alpha value is -2.76. The average Bonchev–Trinajstić information content (AvgIpc) is 2.63. The lowest BCUT2D eigenvalue weighted by Crippen LogP contribution is -2.43. The van der Waals surface area contributed by atoms with Crippen molar-refractivity contribution in [2.75, 3.05) is 18.4 Å². The molecule has 0 bridgehead atoms. The molecule has 6 heteroatoms. The van der Waals surface area contributed by atoms with Crippen LogP contribution >= 0.6 is 0 Å². The minimum absolute atomic E-state index is 0.0906. The van der Waals surface area contributed by atoms with Crippen LogP contribution in [-0.2, 0) is 4.79 Å². The normalized spacial score (nSPS) is 16.9. The number of nitrogens with zero attached hydrogens (tertiary/aromatic N) is 1. The van der Waals surface area contributed by atoms with Crippen molar-refractivity contribution in [3.63, 3.8) is 0 Å². The van der Waals surface area contributed by atoms with E-state index in [1.165, 1.54) is 6.07 Å². The molecule has 1 fully saturated rings. The molecule has 1 aliphatic rings. The van der Waals surface area contributed by atoms with Gasteiger partial charge in [0.2, 0.25) is 5.91 Å². The standard InChI is InChI=1S/C21H22F2N2O2/c1-13-8-14(2)10-16(9-13)21(27)25-7-3-4-15(12-25)20(26)24-17-5-6-18(22)19(23)11-17/h5-6,8-11,15H,3-4,7,12H2,1-2H3,(H,24,26)/t15-/m1/s1. The molecule has 142 valence electrons. The highest BCUT2D eigenvalue weighted by Gasteiger charge is 2.29. The van der Waals surface area contributed by atoms with Gasteiger partial charge in [-0.05, 0) is 51.0 Å². The summed E-state index contributed by atoms with van der Waals surface area (Å²) >= 11 is 0. The van der Waals surface area contributed by atoms with Gasteiger partial charge in [0.15, 0.2) is 11.6 Å². The third-order valence-corrected chi connectivity index (χ3v) is 4.74. The first-order chi connectivity index (χ1) is 12.8. The quantitative estimate of drug-likeness (QED) is 0.883. The second kappa shape index (κ2) is 7.86. The lowest BCUT2D eigenvalue weighted by Gasteiger charge is -2.32. The first-order valence-corrected chi connectivity index (χ1v) is 8.97. The second-order valence-corrected chi connectivity index (χ2v) is 7.08. The molecule has 2 aromatic rings. The molecular formula is C21H22F2N2O2. The Morgan fingerprint density at radius 1 is 1.04 bits per heavy atom. The number of amides is 2. The fraction of sp³-hybridized carbons (Fsp3) is 0.333. The Kier molecular flexibility index (Phi) is 5.54. The van der Waals surface area contributed by atoms with Crippen LogP contribution in [0.2, 0.25) is 0 Å². The van der Waals surface area contributed by atoms with Crippen molar-refractivity contribution in [3.8, 4) is 0 Å². The monoisotopic (exact) mass is 372 g/mol. The molecule has 1 atom stereocenters. The van der Waals surface area contributed by atoms with Gasteiger partial charge in [0.25, 0.3) is 5.91 Å². The number of hydrogen-bond acceptors (Lipinski definition) is 2. The molecule has 27 heavy (non-hydrogen) atoms. The summed E-state index contributed by atoms with van der Waals surface area (Å²) in [6.07, 6.45) is 1.36. The van der Waals surface area contributed by atoms with Gasteiger partial charge in [-0.25, -0.2) is 8.78 Å². The highest BCUT2D eigenvalue weighted by molar-refractivity contribution is 5.96. The van der Waals surface area contributed by atoms with Gasteiger partial charge in [-0.3, -0.25) is 9.59 Å². The van der Waals surface area contributed by atoms with E-state index < -0.39 is 11.6 Å². The van der Waals surface area contributed by atoms with Crippen LogP contribution < -0.4 is 5.32 Å². The molecular weight excluding hydrogens is 350 g/mol. The molecule has 0 aliphatic carbocycles. The van der Waals surface area contributed by atoms with E-state index in [1.54, 1.807) is 4.90 Å². The maximum Gasteiger partial charge on any atom is 0.253 e. The Morgan fingerprint density at radius 3 is 2.41 bits per heavy atom. The zero-order valence-electron chi connectivity index (χ0n) is 15.4. The van der Waals surface area contributed by atoms with Crippen molar-refractivity contribution >= 4 is 17.5 Å². The fourth-order valence-electron chi connectivity index (χ4n) is 3.47. The smallest absolute Gasteiger partial charge is 0.253 e. The lowest BCUT2D eigenvalue weighted by molar-refractivity contribution is -0.121. The van der Waals surface area contributed by atoms with Gasteiger partial charge in [-0.2, -0.15) is 0 Å². The Morgan fingerprint density at radius 2 is 1.74 bits per heavy atom. The predicted octanol–water partition coefficient (Wildman–Crippen LogP) is 4.07. The summed E-state index contributed by atoms with van der Waals surface area (Å²) < 4.78 is 26.3. The summed E-state index contributed by atoms with van der Waals surface area (Å²) in [5.74, 6) is -2.74. The Bertz CT molecular complexity index is 862. The molecule has 2 aromatic carbocycles. The zero-order valence-corrected chi connectivity index (χ0v) is 15.4. The van der Waals surface area contributed by atoms with Crippen LogP contribution in [0.25, 0.3) is 0 Å². The van der Waals surface area contributed by atoms with Gasteiger partial charge in [-0.1, -0.05) is 17.2 Å². The second-order valence-electron chi connectivity index (χ2n) is 7.08. The van der Waals surface area contributed by atoms with E-state index in [4.69, 9.17) is 0 Å². The fourth-order valence-corrected chi connectivity index (χ4v) is 3.47. The highest BCUT2D eigenvalue weighted by Crippen LogP contribution is 2.22. The van der Waals surface area contributed by atoms with E-state index >= 15 is 0 Å². The van der Waals surface area contributed by atoms with Crippen LogP contribution in [0.4, 0.5) is 14.5 Å². The summed E-state index contributed by atoms with van der Waals surface area (Å²) in [7, 11) is 0. The third kappa shape index (κ3) is 4.51. The molecule has 1 aliphatic heterocycles. The lowest BCUT2D eigenvalue weighted by atomic mass is 9.96. The minimum Gasteiger partial charge on any atom is -0.338 e. The van der Waals surface area contributed by atoms with Crippen LogP contribution in [0, 0.1) is 31.4 Å². The summed E-state index contributed by atoms with van der Waals surface area (Å²) in [4.78, 5) is 27.0. The molecule has 3 rings (SSSR count). The SMILES string of the molecule is Cc1cc(C)cc(C(=O)N2CCC[C@@H](C(=O)Nc3ccc(F)c(F)c3)C2)c1. The van der Waals surface area contributed by atoms with Crippen molar-refractivity contribution in [3.05, 3.63) is 64.7 Å². The number of rotatable bonds is 3. The van der Waals surface area contributed by atoms with Gasteiger partial charge < -0.3 is 10.2 Å². The maximum atomic E-state index is 13.3. The van der Waals surface area contributed by atoms with Crippen molar-refractivity contribution in [1.29, 1.82) is 0 Å². The Labute approximate surface area is 157 Å². The van der Waals surface area contributed by atoms with Crippen LogP contribution in [0.5, 0.6) is 0 Å². The Balaban J connectivity index is 1.68. The van der Waals surface area contributed by atoms with Crippen LogP contribution in [0.1, 0.15) is 34.3 Å². The number of benzene rings is 2. The summed E-state index contributed by atoms with van der Waals surface area (Å²) in [5, 5.41) is 2.61. The average molecular weight is 372 g/mol. The summed E-state index contributed by atoms with van der Waals surface area (Å²) in [5.41, 5.74) is 2.86. The number of anilines is 1. The molecule has 0 spiro atoms. The zero-order chi connectivity index (χ0) is 19.6. The van der Waals surface area contributed by atoms with Gasteiger partial charge in [-0.15, -0.1) is 0 Å². The van der Waals surface area contributed by atoms with Crippen molar-refractivity contribution < 1.29 is 18.4 Å². The first-order valence-electron chi connectivity index (χ1n) is 8.97. The van der Waals surface area contributed by atoms with Crippen molar-refractivity contribution in [2.45, 2.75) is 26.7 Å². The third-order valence-electron chi connectivity index (χ3n) is 4.74. The first kappa shape index (κ1) is 19.0. The van der Waals surface area contributed by atoms with E-state index in [1.807, 2.05) is 32.0 Å². The van der Waals surface area contributed by atoms with Crippen LogP contribution in [0.15, 0.2) is 36.4 Å². The van der Waals surface area contributed by atoms with E-state index in [-0.39, 0.29) is 23.4 Å². The largest absolute Gasteiger partial charge is 0.338 e. The number of halogens is 2. The molecule has 0 saturated carbocycles. The van der Waals surface area contributed by atoms with Crippen molar-refractivity contribution in [1.82, 2.24) is 4.90 Å². The number of aryl methyl sites for hydroxylation is 2. The molecule has 1 heterocycles. The van der Waals surface area contributed by atoms with Gasteiger partial charge in [0, 0.05) is 30.4 Å². The number of carbonyl (C=O) groups excluding carboxylic acids is 2. The predicted molar refractivity (Wildman–Crippen MR) is 99.5 cm³/mol. The van der Waals surface area contributed by atoms with E-state index in [2.05, 4.69) is 5.32 Å². The minimum atomic E-state index is -1.01. The topological polar surface area (TPSA) is 49.4 Å². The highest BCUT2D eigenvalue weighted by atomic mass is 19.2. The summed E-state index contributed by atoms with van der Waals surface area (Å²) in [6, 6.07) is 8.94. The summed E-state index contributed by atoms with van der Waals surface area (Å²) in [6.45, 7) is 4.79. The molecule has 0 unspecified atom stereocenters. The number of piperidine rings is 1. The van der Waals surface area contributed by atoms with Gasteiger partial charge >= 0.3 is 0 Å². The molecule has 0 radical (unpaired) electrons. The van der Waals surface area contributed by atoms with E-state index in [0.29, 0.717) is 31.5 Å². The number of nitrogens with one attached hydrogen (secondary N) is 1. The number of hydrogen-bond donors (Lipinski definition) is 1. The van der Waals surface area contributed by atoms with Crippen LogP contribution in [-0.4, -0.2) is 29.8 Å². The van der Waals surface area contributed by atoms with Crippen molar-refractivity contribution in [2.24, 2.45) is 5.92 Å². The maximum absolute atomic E-state index is 13.3. The van der Waals surface area contributed by atoms with E-state index in [9.17, 15) is 18.4 Å². The number of likely N-dealkylation sites (tertiary alicyclic amines) is 1. The molecule has 0 aromatic heterocycles. The molecule has 1 saturated heterocycles.